The molecule has 1 saturated heterocycles. The van der Waals surface area contributed by atoms with Gasteiger partial charge in [-0.3, -0.25) is 0 Å². The molecule has 7 nitrogen and oxygen atoms in total. The van der Waals surface area contributed by atoms with Crippen LogP contribution in [0.25, 0.3) is 22.3 Å². The average Bonchev–Trinajstić information content (AvgIpc) is 2.84. The Morgan fingerprint density at radius 1 is 1.11 bits per heavy atom. The molecule has 0 aliphatic carbocycles. The molecule has 0 amide bonds. The van der Waals surface area contributed by atoms with E-state index in [1.807, 2.05) is 6.07 Å². The predicted octanol–water partition coefficient (Wildman–Crippen LogP) is 4.00. The van der Waals surface area contributed by atoms with Crippen molar-refractivity contribution < 1.29 is 17.5 Å². The number of piperidine rings is 1. The summed E-state index contributed by atoms with van der Waals surface area (Å²) < 4.78 is 46.5. The van der Waals surface area contributed by atoms with Crippen molar-refractivity contribution >= 4 is 15.8 Å². The second kappa shape index (κ2) is 10.3. The smallest absolute Gasteiger partial charge is 0.215 e. The fraction of sp³-hybridized carbons (Fsp3) is 0.346. The summed E-state index contributed by atoms with van der Waals surface area (Å²) in [7, 11) is 1.13. The number of pyridine rings is 1. The predicted molar refractivity (Wildman–Crippen MR) is 137 cm³/mol. The molecule has 0 unspecified atom stereocenters. The second-order valence-corrected chi connectivity index (χ2v) is 10.9. The van der Waals surface area contributed by atoms with E-state index < -0.39 is 21.6 Å². The van der Waals surface area contributed by atoms with Crippen LogP contribution in [0.3, 0.4) is 0 Å². The molecule has 0 spiro atoms. The lowest BCUT2D eigenvalue weighted by Gasteiger charge is -2.29. The Bertz CT molecular complexity index is 1300. The van der Waals surface area contributed by atoms with E-state index in [0.717, 1.165) is 37.1 Å². The first-order valence-electron chi connectivity index (χ1n) is 11.5. The molecule has 3 aromatic rings. The Balaban J connectivity index is 1.68. The van der Waals surface area contributed by atoms with Crippen LogP contribution in [-0.2, 0) is 15.8 Å². The van der Waals surface area contributed by atoms with Gasteiger partial charge in [-0.1, -0.05) is 24.3 Å². The molecular formula is C26H31FN4O3S. The van der Waals surface area contributed by atoms with Gasteiger partial charge >= 0.3 is 0 Å². The summed E-state index contributed by atoms with van der Waals surface area (Å²) in [4.78, 5) is 6.69. The number of nitrogens with zero attached hydrogens (tertiary/aromatic N) is 2. The molecule has 1 aromatic heterocycles. The molecule has 2 aromatic carbocycles. The van der Waals surface area contributed by atoms with Crippen molar-refractivity contribution in [2.75, 3.05) is 40.0 Å². The molecule has 1 aliphatic heterocycles. The quantitative estimate of drug-likeness (QED) is 0.511. The van der Waals surface area contributed by atoms with Crippen LogP contribution >= 0.6 is 0 Å². The zero-order chi connectivity index (χ0) is 25.2. The molecule has 4 rings (SSSR count). The number of ether oxygens (including phenoxy) is 1. The van der Waals surface area contributed by atoms with Crippen LogP contribution in [0.1, 0.15) is 29.9 Å². The zero-order valence-electron chi connectivity index (χ0n) is 20.2. The summed E-state index contributed by atoms with van der Waals surface area (Å²) in [6.45, 7) is 2.21. The standard InChI is InChI=1S/C26H31FN4O3S/c1-29-35(32,33)16-22-12-20(14-24(27)25(22)34-3)23-13-21(15-30-26(23)28)18-6-4-17(5-7-18)19-8-10-31(2)11-9-19/h4-7,12-15,19,29H,8-11,16H2,1-3H3,(H2,28,30). The molecule has 9 heteroatoms. The zero-order valence-corrected chi connectivity index (χ0v) is 21.0. The first-order chi connectivity index (χ1) is 16.7. The van der Waals surface area contributed by atoms with Crippen molar-refractivity contribution in [2.45, 2.75) is 24.5 Å². The molecule has 3 N–H and O–H groups in total. The van der Waals surface area contributed by atoms with Gasteiger partial charge in [0.15, 0.2) is 11.6 Å². The van der Waals surface area contributed by atoms with Crippen LogP contribution < -0.4 is 15.2 Å². The van der Waals surface area contributed by atoms with Crippen LogP contribution in [0.15, 0.2) is 48.7 Å². The molecule has 1 aliphatic rings. The van der Waals surface area contributed by atoms with Crippen LogP contribution in [0.2, 0.25) is 0 Å². The van der Waals surface area contributed by atoms with Gasteiger partial charge in [-0.15, -0.1) is 0 Å². The maximum absolute atomic E-state index is 14.9. The summed E-state index contributed by atoms with van der Waals surface area (Å²) in [5.74, 6) is -0.417. The molecule has 35 heavy (non-hydrogen) atoms. The van der Waals surface area contributed by atoms with E-state index in [-0.39, 0.29) is 17.1 Å². The summed E-state index contributed by atoms with van der Waals surface area (Å²) >= 11 is 0. The highest BCUT2D eigenvalue weighted by Crippen LogP contribution is 2.35. The van der Waals surface area contributed by atoms with Gasteiger partial charge in [-0.2, -0.15) is 0 Å². The minimum atomic E-state index is -3.64. The first kappa shape index (κ1) is 25.1. The maximum Gasteiger partial charge on any atom is 0.215 e. The summed E-state index contributed by atoms with van der Waals surface area (Å²) in [5.41, 5.74) is 10.4. The third kappa shape index (κ3) is 5.63. The third-order valence-electron chi connectivity index (χ3n) is 6.64. The van der Waals surface area contributed by atoms with E-state index in [4.69, 9.17) is 10.5 Å². The van der Waals surface area contributed by atoms with E-state index in [1.165, 1.54) is 25.8 Å². The first-order valence-corrected chi connectivity index (χ1v) is 13.2. The number of halogens is 1. The highest BCUT2D eigenvalue weighted by atomic mass is 32.2. The number of nitrogens with one attached hydrogen (secondary N) is 1. The normalized spacial score (nSPS) is 15.3. The van der Waals surface area contributed by atoms with Gasteiger partial charge < -0.3 is 15.4 Å². The van der Waals surface area contributed by atoms with Gasteiger partial charge in [0.1, 0.15) is 5.82 Å². The lowest BCUT2D eigenvalue weighted by Crippen LogP contribution is -2.29. The number of rotatable bonds is 7. The van der Waals surface area contributed by atoms with Gasteiger partial charge in [0.2, 0.25) is 10.0 Å². The molecule has 0 saturated carbocycles. The largest absolute Gasteiger partial charge is 0.493 e. The molecular weight excluding hydrogens is 467 g/mol. The van der Waals surface area contributed by atoms with Gasteiger partial charge in [-0.05, 0) is 80.8 Å². The Kier molecular flexibility index (Phi) is 7.39. The summed E-state index contributed by atoms with van der Waals surface area (Å²) in [6.07, 6.45) is 3.99. The molecule has 186 valence electrons. The maximum atomic E-state index is 14.9. The summed E-state index contributed by atoms with van der Waals surface area (Å²) in [5, 5.41) is 0. The van der Waals surface area contributed by atoms with E-state index in [1.54, 1.807) is 12.3 Å². The Hall–Kier alpha value is -3.01. The SMILES string of the molecule is CNS(=O)(=O)Cc1cc(-c2cc(-c3ccc(C4CCN(C)CC4)cc3)cnc2N)cc(F)c1OC. The Morgan fingerprint density at radius 2 is 1.80 bits per heavy atom. The third-order valence-corrected chi connectivity index (χ3v) is 7.96. The van der Waals surface area contributed by atoms with Crippen LogP contribution in [0.5, 0.6) is 5.75 Å². The molecule has 0 radical (unpaired) electrons. The fourth-order valence-electron chi connectivity index (χ4n) is 4.57. The van der Waals surface area contributed by atoms with Gasteiger partial charge in [0, 0.05) is 22.9 Å². The number of aromatic nitrogens is 1. The topological polar surface area (TPSA) is 97.6 Å². The van der Waals surface area contributed by atoms with Gasteiger partial charge in [-0.25, -0.2) is 22.5 Å². The van der Waals surface area contributed by atoms with Crippen molar-refractivity contribution in [1.82, 2.24) is 14.6 Å². The highest BCUT2D eigenvalue weighted by Gasteiger charge is 2.20. The minimum absolute atomic E-state index is 0.111. The highest BCUT2D eigenvalue weighted by molar-refractivity contribution is 7.88. The van der Waals surface area contributed by atoms with Crippen molar-refractivity contribution in [1.29, 1.82) is 0 Å². The molecule has 0 bridgehead atoms. The average molecular weight is 499 g/mol. The minimum Gasteiger partial charge on any atom is -0.493 e. The van der Waals surface area contributed by atoms with Crippen molar-refractivity contribution in [3.05, 3.63) is 65.6 Å². The van der Waals surface area contributed by atoms with Crippen molar-refractivity contribution in [3.8, 4) is 28.0 Å². The molecule has 0 atom stereocenters. The van der Waals surface area contributed by atoms with Crippen molar-refractivity contribution in [2.24, 2.45) is 0 Å². The number of anilines is 1. The molecule has 2 heterocycles. The fourth-order valence-corrected chi connectivity index (χ4v) is 5.34. The number of hydrogen-bond donors (Lipinski definition) is 2. The Morgan fingerprint density at radius 3 is 2.43 bits per heavy atom. The monoisotopic (exact) mass is 498 g/mol. The number of likely N-dealkylation sites (tertiary alicyclic amines) is 1. The van der Waals surface area contributed by atoms with Crippen LogP contribution in [0.4, 0.5) is 10.2 Å². The number of sulfonamides is 1. The van der Waals surface area contributed by atoms with Crippen molar-refractivity contribution in [3.63, 3.8) is 0 Å². The Labute approximate surface area is 206 Å². The van der Waals surface area contributed by atoms with Gasteiger partial charge in [0.25, 0.3) is 0 Å². The van der Waals surface area contributed by atoms with E-state index in [9.17, 15) is 12.8 Å². The van der Waals surface area contributed by atoms with E-state index >= 15 is 0 Å². The van der Waals surface area contributed by atoms with Crippen LogP contribution in [-0.4, -0.2) is 52.6 Å². The summed E-state index contributed by atoms with van der Waals surface area (Å²) in [6, 6.07) is 13.2. The number of benzene rings is 2. The molecule has 1 fully saturated rings. The second-order valence-electron chi connectivity index (χ2n) is 8.97. The number of nitrogens with two attached hydrogens (primary N) is 1. The van der Waals surface area contributed by atoms with Gasteiger partial charge in [0.05, 0.1) is 12.9 Å². The van der Waals surface area contributed by atoms with Crippen LogP contribution in [0, 0.1) is 5.82 Å². The number of hydrogen-bond acceptors (Lipinski definition) is 6. The van der Waals surface area contributed by atoms with E-state index in [2.05, 4.69) is 45.9 Å². The lowest BCUT2D eigenvalue weighted by atomic mass is 9.88. The van der Waals surface area contributed by atoms with E-state index in [0.29, 0.717) is 17.0 Å². The number of nitrogen functional groups attached to an aromatic ring is 1. The lowest BCUT2D eigenvalue weighted by molar-refractivity contribution is 0.255. The number of methoxy groups -OCH3 is 1.